The van der Waals surface area contributed by atoms with E-state index in [1.807, 2.05) is 67.6 Å². The smallest absolute Gasteiger partial charge is 0.245 e. The summed E-state index contributed by atoms with van der Waals surface area (Å²) in [4.78, 5) is 26.7. The summed E-state index contributed by atoms with van der Waals surface area (Å²) in [5.41, 5.74) is 3.84. The molecule has 2 aromatic carbocycles. The van der Waals surface area contributed by atoms with Crippen LogP contribution in [0.3, 0.4) is 0 Å². The lowest BCUT2D eigenvalue weighted by Gasteiger charge is -2.17. The third kappa shape index (κ3) is 6.06. The molecule has 0 aliphatic carbocycles. The zero-order valence-electron chi connectivity index (χ0n) is 19.6. The Morgan fingerprint density at radius 2 is 1.69 bits per heavy atom. The number of anilines is 1. The average Bonchev–Trinajstić information content (AvgIpc) is 3.17. The van der Waals surface area contributed by atoms with Gasteiger partial charge in [0.1, 0.15) is 5.82 Å². The molecule has 168 valence electrons. The molecule has 1 N–H and O–H groups in total. The highest BCUT2D eigenvalue weighted by Crippen LogP contribution is 2.26. The van der Waals surface area contributed by atoms with Crippen LogP contribution in [0.5, 0.6) is 0 Å². The van der Waals surface area contributed by atoms with Gasteiger partial charge in [-0.3, -0.25) is 9.59 Å². The molecule has 0 saturated heterocycles. The van der Waals surface area contributed by atoms with E-state index in [1.165, 1.54) is 4.90 Å². The van der Waals surface area contributed by atoms with Crippen LogP contribution in [-0.2, 0) is 21.4 Å². The lowest BCUT2D eigenvalue weighted by Crippen LogP contribution is -2.35. The maximum absolute atomic E-state index is 12.8. The van der Waals surface area contributed by atoms with E-state index < -0.39 is 0 Å². The molecular weight excluding hydrogens is 400 g/mol. The standard InChI is InChI=1S/C26H32N4O2/c1-19-11-14-21(15-12-19)30-23(17-22(28-30)26(2,3)4)27-24(31)18-29(5)25(32)16-13-20-9-7-6-8-10-20/h6-12,14-15,17H,13,16,18H2,1-5H3,(H,27,31). The zero-order valence-corrected chi connectivity index (χ0v) is 19.6. The molecule has 2 amide bonds. The predicted octanol–water partition coefficient (Wildman–Crippen LogP) is 4.51. The minimum Gasteiger partial charge on any atom is -0.336 e. The molecule has 0 aliphatic heterocycles. The van der Waals surface area contributed by atoms with Gasteiger partial charge in [0.2, 0.25) is 11.8 Å². The van der Waals surface area contributed by atoms with Crippen LogP contribution in [0.15, 0.2) is 60.7 Å². The fourth-order valence-electron chi connectivity index (χ4n) is 3.29. The van der Waals surface area contributed by atoms with Crippen molar-refractivity contribution in [1.82, 2.24) is 14.7 Å². The summed E-state index contributed by atoms with van der Waals surface area (Å²) in [6.45, 7) is 8.26. The Morgan fingerprint density at radius 1 is 1.03 bits per heavy atom. The molecule has 1 heterocycles. The van der Waals surface area contributed by atoms with Gasteiger partial charge in [-0.05, 0) is 31.0 Å². The first-order valence-corrected chi connectivity index (χ1v) is 10.9. The number of hydrogen-bond acceptors (Lipinski definition) is 3. The lowest BCUT2D eigenvalue weighted by atomic mass is 9.92. The first-order chi connectivity index (χ1) is 15.1. The number of rotatable bonds is 7. The molecule has 3 aromatic rings. The van der Waals surface area contributed by atoms with Gasteiger partial charge in [0, 0.05) is 24.9 Å². The lowest BCUT2D eigenvalue weighted by molar-refractivity contribution is -0.133. The molecule has 0 fully saturated rings. The number of hydrogen-bond donors (Lipinski definition) is 1. The van der Waals surface area contributed by atoms with Gasteiger partial charge in [-0.1, -0.05) is 68.8 Å². The van der Waals surface area contributed by atoms with Crippen molar-refractivity contribution in [2.24, 2.45) is 0 Å². The Balaban J connectivity index is 1.68. The second-order valence-electron chi connectivity index (χ2n) is 9.20. The van der Waals surface area contributed by atoms with Crippen LogP contribution in [0.25, 0.3) is 5.69 Å². The van der Waals surface area contributed by atoms with E-state index in [1.54, 1.807) is 11.7 Å². The summed E-state index contributed by atoms with van der Waals surface area (Å²) in [7, 11) is 1.66. The molecule has 6 heteroatoms. The number of nitrogens with one attached hydrogen (secondary N) is 1. The van der Waals surface area contributed by atoms with Gasteiger partial charge in [0.25, 0.3) is 0 Å². The molecule has 0 radical (unpaired) electrons. The molecule has 0 unspecified atom stereocenters. The van der Waals surface area contributed by atoms with Crippen LogP contribution in [0.4, 0.5) is 5.82 Å². The minimum atomic E-state index is -0.255. The molecule has 32 heavy (non-hydrogen) atoms. The SMILES string of the molecule is Cc1ccc(-n2nc(C(C)(C)C)cc2NC(=O)CN(C)C(=O)CCc2ccccc2)cc1. The summed E-state index contributed by atoms with van der Waals surface area (Å²) in [6, 6.07) is 19.7. The number of benzene rings is 2. The van der Waals surface area contributed by atoms with E-state index in [4.69, 9.17) is 5.10 Å². The quantitative estimate of drug-likeness (QED) is 0.597. The molecule has 0 atom stereocenters. The molecule has 0 aliphatic rings. The summed E-state index contributed by atoms with van der Waals surface area (Å²) in [5, 5.41) is 7.68. The van der Waals surface area contributed by atoms with Crippen molar-refractivity contribution >= 4 is 17.6 Å². The highest BCUT2D eigenvalue weighted by atomic mass is 16.2. The van der Waals surface area contributed by atoms with E-state index in [0.717, 1.165) is 22.5 Å². The Bertz CT molecular complexity index is 1060. The second-order valence-corrected chi connectivity index (χ2v) is 9.20. The zero-order chi connectivity index (χ0) is 23.3. The third-order valence-corrected chi connectivity index (χ3v) is 5.30. The van der Waals surface area contributed by atoms with Gasteiger partial charge in [0.15, 0.2) is 0 Å². The molecule has 3 rings (SSSR count). The number of carbonyl (C=O) groups is 2. The highest BCUT2D eigenvalue weighted by Gasteiger charge is 2.22. The third-order valence-electron chi connectivity index (χ3n) is 5.30. The number of aromatic nitrogens is 2. The van der Waals surface area contributed by atoms with Crippen molar-refractivity contribution in [3.63, 3.8) is 0 Å². The van der Waals surface area contributed by atoms with Crippen molar-refractivity contribution in [3.05, 3.63) is 77.5 Å². The first kappa shape index (κ1) is 23.3. The molecule has 0 bridgehead atoms. The maximum atomic E-state index is 12.8. The largest absolute Gasteiger partial charge is 0.336 e. The van der Waals surface area contributed by atoms with E-state index in [2.05, 4.69) is 26.1 Å². The van der Waals surface area contributed by atoms with E-state index in [9.17, 15) is 9.59 Å². The number of aryl methyl sites for hydroxylation is 2. The molecule has 0 spiro atoms. The van der Waals surface area contributed by atoms with Gasteiger partial charge in [-0.15, -0.1) is 0 Å². The average molecular weight is 433 g/mol. The van der Waals surface area contributed by atoms with Crippen molar-refractivity contribution in [2.45, 2.75) is 46.0 Å². The Morgan fingerprint density at radius 3 is 2.31 bits per heavy atom. The first-order valence-electron chi connectivity index (χ1n) is 10.9. The van der Waals surface area contributed by atoms with Crippen LogP contribution in [0.2, 0.25) is 0 Å². The van der Waals surface area contributed by atoms with E-state index >= 15 is 0 Å². The topological polar surface area (TPSA) is 67.2 Å². The fourth-order valence-corrected chi connectivity index (χ4v) is 3.29. The van der Waals surface area contributed by atoms with Gasteiger partial charge in [-0.2, -0.15) is 5.10 Å². The van der Waals surface area contributed by atoms with Crippen LogP contribution < -0.4 is 5.32 Å². The summed E-state index contributed by atoms with van der Waals surface area (Å²) >= 11 is 0. The van der Waals surface area contributed by atoms with Gasteiger partial charge >= 0.3 is 0 Å². The van der Waals surface area contributed by atoms with Crippen LogP contribution >= 0.6 is 0 Å². The molecule has 1 aromatic heterocycles. The number of nitrogens with zero attached hydrogens (tertiary/aromatic N) is 3. The van der Waals surface area contributed by atoms with Crippen LogP contribution in [0.1, 0.15) is 44.0 Å². The predicted molar refractivity (Wildman–Crippen MR) is 128 cm³/mol. The Hall–Kier alpha value is -3.41. The normalized spacial score (nSPS) is 11.3. The minimum absolute atomic E-state index is 0.0163. The molecule has 6 nitrogen and oxygen atoms in total. The fraction of sp³-hybridized carbons (Fsp3) is 0.346. The van der Waals surface area contributed by atoms with Crippen molar-refractivity contribution < 1.29 is 9.59 Å². The Labute approximate surface area is 190 Å². The van der Waals surface area contributed by atoms with Gasteiger partial charge in [0.05, 0.1) is 17.9 Å². The summed E-state index contributed by atoms with van der Waals surface area (Å²) in [6.07, 6.45) is 1.02. The van der Waals surface area contributed by atoms with Crippen LogP contribution in [0, 0.1) is 6.92 Å². The monoisotopic (exact) mass is 432 g/mol. The van der Waals surface area contributed by atoms with Crippen molar-refractivity contribution in [2.75, 3.05) is 18.9 Å². The molecule has 0 saturated carbocycles. The van der Waals surface area contributed by atoms with Crippen LogP contribution in [-0.4, -0.2) is 40.1 Å². The number of likely N-dealkylation sites (N-methyl/N-ethyl adjacent to an activating group) is 1. The highest BCUT2D eigenvalue weighted by molar-refractivity contribution is 5.94. The van der Waals surface area contributed by atoms with E-state index in [-0.39, 0.29) is 23.8 Å². The summed E-state index contributed by atoms with van der Waals surface area (Å²) in [5.74, 6) is 0.273. The maximum Gasteiger partial charge on any atom is 0.245 e. The van der Waals surface area contributed by atoms with Crippen molar-refractivity contribution in [3.8, 4) is 5.69 Å². The summed E-state index contributed by atoms with van der Waals surface area (Å²) < 4.78 is 1.75. The van der Waals surface area contributed by atoms with E-state index in [0.29, 0.717) is 18.7 Å². The van der Waals surface area contributed by atoms with Crippen molar-refractivity contribution in [1.29, 1.82) is 0 Å². The van der Waals surface area contributed by atoms with Gasteiger partial charge < -0.3 is 10.2 Å². The van der Waals surface area contributed by atoms with Gasteiger partial charge in [-0.25, -0.2) is 4.68 Å². The number of amides is 2. The second kappa shape index (κ2) is 9.81. The number of carbonyl (C=O) groups excluding carboxylic acids is 2. The Kier molecular flexibility index (Phi) is 7.13. The molecular formula is C26H32N4O2.